The summed E-state index contributed by atoms with van der Waals surface area (Å²) in [6, 6.07) is 2.68. The van der Waals surface area contributed by atoms with Gasteiger partial charge in [-0.3, -0.25) is 14.4 Å². The molecule has 1 saturated carbocycles. The molecule has 1 saturated heterocycles. The maximum atomic E-state index is 13.4. The van der Waals surface area contributed by atoms with Crippen LogP contribution in [-0.2, 0) is 22.4 Å². The third-order valence-electron chi connectivity index (χ3n) is 6.62. The highest BCUT2D eigenvalue weighted by Crippen LogP contribution is 2.39. The van der Waals surface area contributed by atoms with E-state index in [1.807, 2.05) is 10.6 Å². The van der Waals surface area contributed by atoms with Gasteiger partial charge < -0.3 is 20.9 Å². The standard InChI is InChI=1S/C22H29N5O3/c23-12-16(10-15-7-8-25-21(15)29)26-22(30)19(9-13-5-6-13)27-17-4-2-1-3-14(17)11-18(27)20(24)28/h11,13,15-16,19H,1-10H2,(H2,24,28)(H,25,29)(H,26,30)/t15-,16?,19-/m0/s1. The smallest absolute Gasteiger partial charge is 0.265 e. The topological polar surface area (TPSA) is 130 Å². The van der Waals surface area contributed by atoms with Crippen LogP contribution in [0.25, 0.3) is 0 Å². The van der Waals surface area contributed by atoms with E-state index in [2.05, 4.69) is 16.7 Å². The molecule has 1 aliphatic heterocycles. The van der Waals surface area contributed by atoms with Gasteiger partial charge in [0.25, 0.3) is 5.91 Å². The molecule has 2 fully saturated rings. The fourth-order valence-corrected chi connectivity index (χ4v) is 4.83. The number of hydrogen-bond donors (Lipinski definition) is 3. The number of nitrogens with two attached hydrogens (primary N) is 1. The highest BCUT2D eigenvalue weighted by Gasteiger charge is 2.36. The molecule has 3 amide bonds. The lowest BCUT2D eigenvalue weighted by Gasteiger charge is -2.26. The predicted molar refractivity (Wildman–Crippen MR) is 109 cm³/mol. The summed E-state index contributed by atoms with van der Waals surface area (Å²) in [5, 5.41) is 15.2. The van der Waals surface area contributed by atoms with Gasteiger partial charge in [-0.15, -0.1) is 0 Å². The molecule has 4 N–H and O–H groups in total. The van der Waals surface area contributed by atoms with Gasteiger partial charge in [-0.2, -0.15) is 5.26 Å². The van der Waals surface area contributed by atoms with E-state index in [0.29, 0.717) is 37.4 Å². The molecule has 3 atom stereocenters. The van der Waals surface area contributed by atoms with Crippen LogP contribution >= 0.6 is 0 Å². The normalized spacial score (nSPS) is 22.5. The molecular formula is C22H29N5O3. The maximum Gasteiger partial charge on any atom is 0.265 e. The van der Waals surface area contributed by atoms with E-state index in [-0.39, 0.29) is 17.7 Å². The third-order valence-corrected chi connectivity index (χ3v) is 6.62. The molecule has 4 rings (SSSR count). The quantitative estimate of drug-likeness (QED) is 0.596. The molecule has 1 unspecified atom stereocenters. The predicted octanol–water partition coefficient (Wildman–Crippen LogP) is 1.34. The van der Waals surface area contributed by atoms with Gasteiger partial charge in [-0.1, -0.05) is 12.8 Å². The lowest BCUT2D eigenvalue weighted by atomic mass is 9.97. The minimum absolute atomic E-state index is 0.0606. The number of carbonyl (C=O) groups excluding carboxylic acids is 3. The first-order valence-electron chi connectivity index (χ1n) is 11.0. The van der Waals surface area contributed by atoms with Crippen molar-refractivity contribution in [1.82, 2.24) is 15.2 Å². The van der Waals surface area contributed by atoms with Gasteiger partial charge in [0.2, 0.25) is 11.8 Å². The lowest BCUT2D eigenvalue weighted by Crippen LogP contribution is -2.42. The molecule has 0 aromatic carbocycles. The van der Waals surface area contributed by atoms with Crippen molar-refractivity contribution in [2.75, 3.05) is 6.54 Å². The van der Waals surface area contributed by atoms with Crippen molar-refractivity contribution in [2.24, 2.45) is 17.6 Å². The number of aryl methyl sites for hydroxylation is 1. The van der Waals surface area contributed by atoms with E-state index in [1.54, 1.807) is 0 Å². The van der Waals surface area contributed by atoms with Crippen LogP contribution in [0, 0.1) is 23.2 Å². The number of fused-ring (bicyclic) bond motifs is 1. The number of amides is 3. The molecule has 8 nitrogen and oxygen atoms in total. The van der Waals surface area contributed by atoms with E-state index in [9.17, 15) is 19.6 Å². The van der Waals surface area contributed by atoms with Crippen LogP contribution < -0.4 is 16.4 Å². The van der Waals surface area contributed by atoms with Crippen LogP contribution in [0.2, 0.25) is 0 Å². The average Bonchev–Trinajstić information content (AvgIpc) is 3.34. The number of hydrogen-bond acceptors (Lipinski definition) is 4. The number of nitrogens with zero attached hydrogens (tertiary/aromatic N) is 2. The van der Waals surface area contributed by atoms with Crippen LogP contribution in [0.3, 0.4) is 0 Å². The summed E-state index contributed by atoms with van der Waals surface area (Å²) in [4.78, 5) is 37.4. The summed E-state index contributed by atoms with van der Waals surface area (Å²) in [7, 11) is 0. The molecule has 2 aliphatic carbocycles. The zero-order valence-electron chi connectivity index (χ0n) is 17.2. The molecule has 30 heavy (non-hydrogen) atoms. The minimum atomic E-state index is -0.739. The van der Waals surface area contributed by atoms with Crippen molar-refractivity contribution < 1.29 is 14.4 Å². The van der Waals surface area contributed by atoms with Gasteiger partial charge in [0.05, 0.1) is 6.07 Å². The number of nitriles is 1. The van der Waals surface area contributed by atoms with Gasteiger partial charge in [-0.25, -0.2) is 0 Å². The zero-order valence-corrected chi connectivity index (χ0v) is 17.2. The summed E-state index contributed by atoms with van der Waals surface area (Å²) >= 11 is 0. The number of aromatic nitrogens is 1. The first-order chi connectivity index (χ1) is 14.5. The molecule has 1 aromatic heterocycles. The van der Waals surface area contributed by atoms with Gasteiger partial charge in [0.15, 0.2) is 0 Å². The third kappa shape index (κ3) is 4.20. The molecule has 0 radical (unpaired) electrons. The van der Waals surface area contributed by atoms with E-state index >= 15 is 0 Å². The van der Waals surface area contributed by atoms with Gasteiger partial charge in [-0.05, 0) is 62.5 Å². The molecule has 3 aliphatic rings. The summed E-state index contributed by atoms with van der Waals surface area (Å²) in [5.41, 5.74) is 8.18. The molecule has 0 spiro atoms. The van der Waals surface area contributed by atoms with Crippen LogP contribution in [0.15, 0.2) is 6.07 Å². The van der Waals surface area contributed by atoms with Crippen molar-refractivity contribution in [2.45, 2.75) is 69.9 Å². The Morgan fingerprint density at radius 1 is 1.27 bits per heavy atom. The van der Waals surface area contributed by atoms with E-state index in [4.69, 9.17) is 5.73 Å². The van der Waals surface area contributed by atoms with Crippen molar-refractivity contribution in [3.63, 3.8) is 0 Å². The Bertz CT molecular complexity index is 895. The monoisotopic (exact) mass is 411 g/mol. The summed E-state index contributed by atoms with van der Waals surface area (Å²) in [5.74, 6) is -0.660. The largest absolute Gasteiger partial charge is 0.364 e. The van der Waals surface area contributed by atoms with Gasteiger partial charge in [0, 0.05) is 18.2 Å². The Labute approximate surface area is 176 Å². The summed E-state index contributed by atoms with van der Waals surface area (Å²) in [6.07, 6.45) is 7.55. The fourth-order valence-electron chi connectivity index (χ4n) is 4.83. The highest BCUT2D eigenvalue weighted by atomic mass is 16.2. The first-order valence-corrected chi connectivity index (χ1v) is 11.0. The number of carbonyl (C=O) groups is 3. The number of rotatable bonds is 8. The Hall–Kier alpha value is -2.82. The Kier molecular flexibility index (Phi) is 5.80. The van der Waals surface area contributed by atoms with Crippen molar-refractivity contribution in [3.05, 3.63) is 23.0 Å². The van der Waals surface area contributed by atoms with Gasteiger partial charge >= 0.3 is 0 Å². The second-order valence-electron chi connectivity index (χ2n) is 8.84. The SMILES string of the molecule is N#CC(C[C@@H]1CCNC1=O)NC(=O)[C@H](CC1CC1)n1c(C(N)=O)cc2c1CCCC2. The van der Waals surface area contributed by atoms with Gasteiger partial charge in [0.1, 0.15) is 17.8 Å². The number of nitrogens with one attached hydrogen (secondary N) is 2. The van der Waals surface area contributed by atoms with E-state index < -0.39 is 18.0 Å². The second kappa shape index (κ2) is 8.50. The molecular weight excluding hydrogens is 382 g/mol. The Balaban J connectivity index is 1.59. The lowest BCUT2D eigenvalue weighted by molar-refractivity contribution is -0.126. The molecule has 1 aromatic rings. The van der Waals surface area contributed by atoms with E-state index in [1.165, 1.54) is 0 Å². The Morgan fingerprint density at radius 2 is 2.03 bits per heavy atom. The van der Waals surface area contributed by atoms with E-state index in [0.717, 1.165) is 49.8 Å². The first kappa shape index (κ1) is 20.5. The Morgan fingerprint density at radius 3 is 2.67 bits per heavy atom. The van der Waals surface area contributed by atoms with Crippen molar-refractivity contribution in [3.8, 4) is 6.07 Å². The second-order valence-corrected chi connectivity index (χ2v) is 8.84. The molecule has 8 heteroatoms. The summed E-state index contributed by atoms with van der Waals surface area (Å²) in [6.45, 7) is 0.609. The van der Waals surface area contributed by atoms with Crippen molar-refractivity contribution in [1.29, 1.82) is 5.26 Å². The molecule has 0 bridgehead atoms. The van der Waals surface area contributed by atoms with Crippen LogP contribution in [-0.4, -0.2) is 34.9 Å². The highest BCUT2D eigenvalue weighted by molar-refractivity contribution is 5.93. The fraction of sp³-hybridized carbons (Fsp3) is 0.636. The summed E-state index contributed by atoms with van der Waals surface area (Å²) < 4.78 is 1.85. The van der Waals surface area contributed by atoms with Crippen LogP contribution in [0.1, 0.15) is 72.7 Å². The maximum absolute atomic E-state index is 13.4. The minimum Gasteiger partial charge on any atom is -0.364 e. The zero-order chi connectivity index (χ0) is 21.3. The van der Waals surface area contributed by atoms with Crippen molar-refractivity contribution >= 4 is 17.7 Å². The number of primary amides is 1. The average molecular weight is 412 g/mol. The molecule has 2 heterocycles. The molecule has 160 valence electrons. The van der Waals surface area contributed by atoms with Crippen LogP contribution in [0.4, 0.5) is 0 Å². The van der Waals surface area contributed by atoms with Crippen LogP contribution in [0.5, 0.6) is 0 Å².